The number of hydrogen-bond acceptors (Lipinski definition) is 6. The van der Waals surface area contributed by atoms with Gasteiger partial charge >= 0.3 is 5.97 Å². The molecule has 1 N–H and O–H groups in total. The standard InChI is InChI=1S/C25H25NO6/c1-18(27)26-15-5-6-19-9-11-20(12-10-19)23(28)17-31-25(29)24-14-13-22(32-24)16-30-21-7-3-2-4-8-21/h2-4,7-14H,5-6,15-17H2,1H3,(H,26,27). The summed E-state index contributed by atoms with van der Waals surface area (Å²) in [6.07, 6.45) is 1.60. The van der Waals surface area contributed by atoms with Gasteiger partial charge in [-0.25, -0.2) is 4.79 Å². The van der Waals surface area contributed by atoms with Crippen LogP contribution in [0.25, 0.3) is 0 Å². The minimum Gasteiger partial charge on any atom is -0.486 e. The molecule has 7 heteroatoms. The Bertz CT molecular complexity index is 1040. The topological polar surface area (TPSA) is 94.8 Å². The van der Waals surface area contributed by atoms with E-state index in [-0.39, 0.29) is 30.7 Å². The molecule has 0 atom stereocenters. The van der Waals surface area contributed by atoms with Crippen LogP contribution in [-0.2, 0) is 22.6 Å². The van der Waals surface area contributed by atoms with Crippen molar-refractivity contribution in [2.24, 2.45) is 0 Å². The number of rotatable bonds is 11. The molecule has 0 spiro atoms. The molecule has 0 aliphatic rings. The highest BCUT2D eigenvalue weighted by atomic mass is 16.5. The first-order valence-corrected chi connectivity index (χ1v) is 10.3. The summed E-state index contributed by atoms with van der Waals surface area (Å²) in [4.78, 5) is 35.4. The number of para-hydroxylation sites is 1. The maximum absolute atomic E-state index is 12.3. The third-order valence-corrected chi connectivity index (χ3v) is 4.61. The second-order valence-corrected chi connectivity index (χ2v) is 7.15. The number of carbonyl (C=O) groups excluding carboxylic acids is 3. The zero-order chi connectivity index (χ0) is 22.8. The molecule has 0 radical (unpaired) electrons. The second kappa shape index (κ2) is 11.5. The van der Waals surface area contributed by atoms with Crippen LogP contribution in [0.4, 0.5) is 0 Å². The molecular formula is C25H25NO6. The molecule has 0 saturated heterocycles. The molecular weight excluding hydrogens is 410 g/mol. The maximum atomic E-state index is 12.3. The van der Waals surface area contributed by atoms with Crippen LogP contribution in [0.5, 0.6) is 5.75 Å². The molecule has 2 aromatic carbocycles. The first kappa shape index (κ1) is 22.8. The molecule has 3 aromatic rings. The van der Waals surface area contributed by atoms with Gasteiger partial charge in [-0.3, -0.25) is 9.59 Å². The maximum Gasteiger partial charge on any atom is 0.374 e. The molecule has 166 valence electrons. The number of aryl methyl sites for hydroxylation is 1. The lowest BCUT2D eigenvalue weighted by atomic mass is 10.1. The van der Waals surface area contributed by atoms with Crippen LogP contribution in [0, 0.1) is 0 Å². The molecule has 0 unspecified atom stereocenters. The van der Waals surface area contributed by atoms with Crippen molar-refractivity contribution in [1.29, 1.82) is 0 Å². The number of Topliss-reactive ketones (excluding diaryl/α,β-unsaturated/α-hetero) is 1. The Morgan fingerprint density at radius 2 is 1.69 bits per heavy atom. The lowest BCUT2D eigenvalue weighted by molar-refractivity contribution is -0.118. The van der Waals surface area contributed by atoms with Gasteiger partial charge in [0.1, 0.15) is 18.1 Å². The number of benzene rings is 2. The Balaban J connectivity index is 1.43. The van der Waals surface area contributed by atoms with E-state index in [2.05, 4.69) is 5.32 Å². The molecule has 1 amide bonds. The van der Waals surface area contributed by atoms with Gasteiger partial charge in [0.15, 0.2) is 12.4 Å². The SMILES string of the molecule is CC(=O)NCCCc1ccc(C(=O)COC(=O)c2ccc(COc3ccccc3)o2)cc1. The van der Waals surface area contributed by atoms with Crippen LogP contribution in [0.3, 0.4) is 0 Å². The zero-order valence-corrected chi connectivity index (χ0v) is 17.8. The monoisotopic (exact) mass is 435 g/mol. The van der Waals surface area contributed by atoms with Crippen LogP contribution in [0.2, 0.25) is 0 Å². The molecule has 1 aromatic heterocycles. The lowest BCUT2D eigenvalue weighted by Crippen LogP contribution is -2.21. The predicted molar refractivity (Wildman–Crippen MR) is 118 cm³/mol. The Kier molecular flexibility index (Phi) is 8.20. The number of ether oxygens (including phenoxy) is 2. The van der Waals surface area contributed by atoms with Gasteiger partial charge in [-0.15, -0.1) is 0 Å². The Hall–Kier alpha value is -3.87. The zero-order valence-electron chi connectivity index (χ0n) is 17.8. The predicted octanol–water partition coefficient (Wildman–Crippen LogP) is 3.97. The first-order chi connectivity index (χ1) is 15.5. The normalized spacial score (nSPS) is 10.4. The van der Waals surface area contributed by atoms with Crippen molar-refractivity contribution in [3.8, 4) is 5.75 Å². The van der Waals surface area contributed by atoms with Crippen LogP contribution in [0.1, 0.15) is 45.6 Å². The largest absolute Gasteiger partial charge is 0.486 e. The van der Waals surface area contributed by atoms with Crippen molar-refractivity contribution in [2.75, 3.05) is 13.2 Å². The molecule has 7 nitrogen and oxygen atoms in total. The fourth-order valence-electron chi connectivity index (χ4n) is 2.94. The minimum atomic E-state index is -0.709. The highest BCUT2D eigenvalue weighted by Crippen LogP contribution is 2.15. The molecule has 0 aliphatic carbocycles. The highest BCUT2D eigenvalue weighted by molar-refractivity contribution is 5.98. The van der Waals surface area contributed by atoms with E-state index in [4.69, 9.17) is 13.9 Å². The second-order valence-electron chi connectivity index (χ2n) is 7.15. The summed E-state index contributed by atoms with van der Waals surface area (Å²) in [5, 5.41) is 2.75. The average Bonchev–Trinajstić information content (AvgIpc) is 3.29. The fraction of sp³-hybridized carbons (Fsp3) is 0.240. The van der Waals surface area contributed by atoms with Crippen LogP contribution >= 0.6 is 0 Å². The third kappa shape index (κ3) is 7.12. The van der Waals surface area contributed by atoms with Gasteiger partial charge in [-0.2, -0.15) is 0 Å². The van der Waals surface area contributed by atoms with Crippen LogP contribution in [0.15, 0.2) is 71.1 Å². The van der Waals surface area contributed by atoms with Crippen molar-refractivity contribution >= 4 is 17.7 Å². The smallest absolute Gasteiger partial charge is 0.374 e. The van der Waals surface area contributed by atoms with E-state index in [1.807, 2.05) is 42.5 Å². The van der Waals surface area contributed by atoms with Crippen molar-refractivity contribution in [3.63, 3.8) is 0 Å². The summed E-state index contributed by atoms with van der Waals surface area (Å²) < 4.78 is 16.1. The first-order valence-electron chi connectivity index (χ1n) is 10.3. The summed E-state index contributed by atoms with van der Waals surface area (Å²) in [7, 11) is 0. The molecule has 32 heavy (non-hydrogen) atoms. The van der Waals surface area contributed by atoms with E-state index in [9.17, 15) is 14.4 Å². The average molecular weight is 435 g/mol. The Morgan fingerprint density at radius 1 is 0.938 bits per heavy atom. The summed E-state index contributed by atoms with van der Waals surface area (Å²) >= 11 is 0. The van der Waals surface area contributed by atoms with Gasteiger partial charge in [-0.1, -0.05) is 42.5 Å². The van der Waals surface area contributed by atoms with E-state index in [0.29, 0.717) is 23.6 Å². The van der Waals surface area contributed by atoms with Gasteiger partial charge in [-0.05, 0) is 42.7 Å². The molecule has 0 fully saturated rings. The van der Waals surface area contributed by atoms with Gasteiger partial charge in [0.05, 0.1) is 0 Å². The molecule has 0 saturated carbocycles. The fourth-order valence-corrected chi connectivity index (χ4v) is 2.94. The highest BCUT2D eigenvalue weighted by Gasteiger charge is 2.16. The van der Waals surface area contributed by atoms with Gasteiger partial charge in [0.25, 0.3) is 0 Å². The molecule has 3 rings (SSSR count). The number of nitrogens with one attached hydrogen (secondary N) is 1. The van der Waals surface area contributed by atoms with E-state index in [0.717, 1.165) is 18.4 Å². The summed E-state index contributed by atoms with van der Waals surface area (Å²) in [5.41, 5.74) is 1.52. The molecule has 1 heterocycles. The van der Waals surface area contributed by atoms with E-state index >= 15 is 0 Å². The van der Waals surface area contributed by atoms with Crippen LogP contribution in [-0.4, -0.2) is 30.8 Å². The Morgan fingerprint density at radius 3 is 2.41 bits per heavy atom. The van der Waals surface area contributed by atoms with Gasteiger partial charge in [0, 0.05) is 19.0 Å². The number of ketones is 1. The molecule has 0 bridgehead atoms. The van der Waals surface area contributed by atoms with E-state index in [1.165, 1.54) is 13.0 Å². The summed E-state index contributed by atoms with van der Waals surface area (Å²) in [5.74, 6) is 0.116. The van der Waals surface area contributed by atoms with Crippen LogP contribution < -0.4 is 10.1 Å². The van der Waals surface area contributed by atoms with Crippen molar-refractivity contribution < 1.29 is 28.3 Å². The lowest BCUT2D eigenvalue weighted by Gasteiger charge is -2.06. The number of furan rings is 1. The van der Waals surface area contributed by atoms with Crippen molar-refractivity contribution in [3.05, 3.63) is 89.4 Å². The van der Waals surface area contributed by atoms with Crippen molar-refractivity contribution in [2.45, 2.75) is 26.4 Å². The summed E-state index contributed by atoms with van der Waals surface area (Å²) in [6, 6.07) is 19.5. The Labute approximate surface area is 186 Å². The number of amides is 1. The van der Waals surface area contributed by atoms with Crippen molar-refractivity contribution in [1.82, 2.24) is 5.32 Å². The van der Waals surface area contributed by atoms with E-state index < -0.39 is 5.97 Å². The van der Waals surface area contributed by atoms with Gasteiger partial charge in [0.2, 0.25) is 11.7 Å². The minimum absolute atomic E-state index is 0.0129. The molecule has 0 aliphatic heterocycles. The van der Waals surface area contributed by atoms with E-state index in [1.54, 1.807) is 18.2 Å². The summed E-state index contributed by atoms with van der Waals surface area (Å²) in [6.45, 7) is 1.89. The third-order valence-electron chi connectivity index (χ3n) is 4.61. The number of carbonyl (C=O) groups is 3. The number of hydrogen-bond donors (Lipinski definition) is 1. The number of esters is 1. The quantitative estimate of drug-likeness (QED) is 0.278. The van der Waals surface area contributed by atoms with Gasteiger partial charge < -0.3 is 19.2 Å².